The standard InChI is InChI=1S/C48H30/c1-2-8-31(9-3-1)32-18-22-42-36(26-32)14-15-37-27-33(19-23-43(37)42)34-20-24-44-38(28-34)16-17-39-29-40(21-25-45(39)44)48-30-35-10-4-5-11-41(35)46-12-6-7-13-47(46)48/h1-30H. The van der Waals surface area contributed by atoms with E-state index in [9.17, 15) is 0 Å². The van der Waals surface area contributed by atoms with Crippen LogP contribution in [-0.2, 0) is 0 Å². The van der Waals surface area contributed by atoms with E-state index in [1.165, 1.54) is 98.0 Å². The summed E-state index contributed by atoms with van der Waals surface area (Å²) in [5, 5.41) is 15.4. The largest absolute Gasteiger partial charge is 0.0622 e. The Labute approximate surface area is 279 Å². The number of fused-ring (bicyclic) bond motifs is 9. The number of hydrogen-bond donors (Lipinski definition) is 0. The molecule has 222 valence electrons. The van der Waals surface area contributed by atoms with Gasteiger partial charge in [0, 0.05) is 0 Å². The lowest BCUT2D eigenvalue weighted by molar-refractivity contribution is 1.65. The molecule has 0 aliphatic carbocycles. The number of hydrogen-bond acceptors (Lipinski definition) is 0. The fourth-order valence-corrected chi connectivity index (χ4v) is 7.77. The molecular weight excluding hydrogens is 577 g/mol. The smallest absolute Gasteiger partial charge is 0.00988 e. The average molecular weight is 607 g/mol. The van der Waals surface area contributed by atoms with Gasteiger partial charge in [0.2, 0.25) is 0 Å². The minimum absolute atomic E-state index is 1.24. The van der Waals surface area contributed by atoms with Gasteiger partial charge in [-0.1, -0.05) is 152 Å². The van der Waals surface area contributed by atoms with Crippen LogP contribution < -0.4 is 0 Å². The van der Waals surface area contributed by atoms with Crippen LogP contribution in [-0.4, -0.2) is 0 Å². The molecule has 0 spiro atoms. The molecule has 10 aromatic carbocycles. The van der Waals surface area contributed by atoms with Crippen LogP contribution in [0.5, 0.6) is 0 Å². The lowest BCUT2D eigenvalue weighted by Gasteiger charge is -2.13. The maximum Gasteiger partial charge on any atom is -0.00988 e. The summed E-state index contributed by atoms with van der Waals surface area (Å²) in [6.45, 7) is 0. The number of benzene rings is 10. The Balaban J connectivity index is 1.03. The van der Waals surface area contributed by atoms with Gasteiger partial charge in [0.05, 0.1) is 0 Å². The van der Waals surface area contributed by atoms with Crippen molar-refractivity contribution >= 4 is 64.6 Å². The minimum Gasteiger partial charge on any atom is -0.0622 e. The Morgan fingerprint density at radius 3 is 1.12 bits per heavy atom. The summed E-state index contributed by atoms with van der Waals surface area (Å²) in [6, 6.07) is 67.1. The van der Waals surface area contributed by atoms with E-state index in [2.05, 4.69) is 182 Å². The molecule has 0 aliphatic rings. The van der Waals surface area contributed by atoms with Crippen LogP contribution in [0.25, 0.3) is 98.0 Å². The van der Waals surface area contributed by atoms with E-state index in [0.29, 0.717) is 0 Å². The Kier molecular flexibility index (Phi) is 5.98. The van der Waals surface area contributed by atoms with Gasteiger partial charge in [0.25, 0.3) is 0 Å². The molecule has 0 radical (unpaired) electrons. The summed E-state index contributed by atoms with van der Waals surface area (Å²) < 4.78 is 0. The Bertz CT molecular complexity index is 2880. The fourth-order valence-electron chi connectivity index (χ4n) is 7.77. The lowest BCUT2D eigenvalue weighted by atomic mass is 9.91. The maximum absolute atomic E-state index is 2.36. The van der Waals surface area contributed by atoms with Gasteiger partial charge in [-0.2, -0.15) is 0 Å². The van der Waals surface area contributed by atoms with E-state index in [1.54, 1.807) is 0 Å². The van der Waals surface area contributed by atoms with Crippen LogP contribution in [0, 0.1) is 0 Å². The summed E-state index contributed by atoms with van der Waals surface area (Å²) in [4.78, 5) is 0. The highest BCUT2D eigenvalue weighted by Crippen LogP contribution is 2.38. The summed E-state index contributed by atoms with van der Waals surface area (Å²) >= 11 is 0. The first kappa shape index (κ1) is 26.9. The second-order valence-corrected chi connectivity index (χ2v) is 12.9. The van der Waals surface area contributed by atoms with Crippen LogP contribution in [0.15, 0.2) is 182 Å². The molecule has 0 N–H and O–H groups in total. The van der Waals surface area contributed by atoms with Gasteiger partial charge in [-0.3, -0.25) is 0 Å². The lowest BCUT2D eigenvalue weighted by Crippen LogP contribution is -1.86. The van der Waals surface area contributed by atoms with E-state index >= 15 is 0 Å². The Morgan fingerprint density at radius 1 is 0.188 bits per heavy atom. The summed E-state index contributed by atoms with van der Waals surface area (Å²) in [5.74, 6) is 0. The average Bonchev–Trinajstić information content (AvgIpc) is 3.17. The highest BCUT2D eigenvalue weighted by molar-refractivity contribution is 6.15. The van der Waals surface area contributed by atoms with Gasteiger partial charge in [0.15, 0.2) is 0 Å². The van der Waals surface area contributed by atoms with Crippen LogP contribution in [0.4, 0.5) is 0 Å². The molecule has 0 bridgehead atoms. The predicted molar refractivity (Wildman–Crippen MR) is 208 cm³/mol. The molecule has 0 atom stereocenters. The molecule has 0 nitrogen and oxygen atoms in total. The third kappa shape index (κ3) is 4.31. The van der Waals surface area contributed by atoms with Gasteiger partial charge < -0.3 is 0 Å². The minimum atomic E-state index is 1.24. The zero-order valence-corrected chi connectivity index (χ0v) is 26.3. The van der Waals surface area contributed by atoms with Crippen molar-refractivity contribution in [1.82, 2.24) is 0 Å². The highest BCUT2D eigenvalue weighted by Gasteiger charge is 2.11. The Morgan fingerprint density at radius 2 is 0.562 bits per heavy atom. The van der Waals surface area contributed by atoms with Crippen molar-refractivity contribution in [2.45, 2.75) is 0 Å². The first-order valence-corrected chi connectivity index (χ1v) is 16.7. The van der Waals surface area contributed by atoms with Gasteiger partial charge in [-0.25, -0.2) is 0 Å². The van der Waals surface area contributed by atoms with Gasteiger partial charge >= 0.3 is 0 Å². The molecule has 0 amide bonds. The van der Waals surface area contributed by atoms with E-state index in [1.807, 2.05) is 0 Å². The molecule has 10 aromatic rings. The SMILES string of the molecule is c1ccc(-c2ccc3c(ccc4cc(-c5ccc6c(ccc7cc(-c8cc9ccccc9c9ccccc89)ccc76)c5)ccc43)c2)cc1. The molecule has 0 aromatic heterocycles. The predicted octanol–water partition coefficient (Wildman–Crippen LogP) is 13.6. The quantitative estimate of drug-likeness (QED) is 0.176. The van der Waals surface area contributed by atoms with Crippen molar-refractivity contribution in [3.63, 3.8) is 0 Å². The van der Waals surface area contributed by atoms with Crippen molar-refractivity contribution in [2.75, 3.05) is 0 Å². The van der Waals surface area contributed by atoms with E-state index in [0.717, 1.165) is 0 Å². The topological polar surface area (TPSA) is 0 Å². The molecule has 0 aliphatic heterocycles. The van der Waals surface area contributed by atoms with Crippen molar-refractivity contribution in [3.05, 3.63) is 182 Å². The van der Waals surface area contributed by atoms with Crippen LogP contribution in [0.3, 0.4) is 0 Å². The van der Waals surface area contributed by atoms with Gasteiger partial charge in [-0.15, -0.1) is 0 Å². The van der Waals surface area contributed by atoms with Crippen molar-refractivity contribution < 1.29 is 0 Å². The van der Waals surface area contributed by atoms with Crippen molar-refractivity contribution in [3.8, 4) is 33.4 Å². The molecule has 0 heteroatoms. The van der Waals surface area contributed by atoms with Gasteiger partial charge in [-0.05, 0) is 128 Å². The Hall–Kier alpha value is -6.24. The summed E-state index contributed by atoms with van der Waals surface area (Å²) in [5.41, 5.74) is 7.51. The van der Waals surface area contributed by atoms with Gasteiger partial charge in [0.1, 0.15) is 0 Å². The monoisotopic (exact) mass is 606 g/mol. The van der Waals surface area contributed by atoms with Crippen molar-refractivity contribution in [2.24, 2.45) is 0 Å². The van der Waals surface area contributed by atoms with Crippen molar-refractivity contribution in [1.29, 1.82) is 0 Å². The molecule has 48 heavy (non-hydrogen) atoms. The first-order chi connectivity index (χ1) is 23.8. The zero-order chi connectivity index (χ0) is 31.6. The second kappa shape index (κ2) is 10.7. The van der Waals surface area contributed by atoms with E-state index in [4.69, 9.17) is 0 Å². The molecule has 0 saturated carbocycles. The molecule has 0 saturated heterocycles. The highest BCUT2D eigenvalue weighted by atomic mass is 14.1. The van der Waals surface area contributed by atoms with E-state index < -0.39 is 0 Å². The molecule has 0 fully saturated rings. The second-order valence-electron chi connectivity index (χ2n) is 12.9. The molecule has 10 rings (SSSR count). The third-order valence-corrected chi connectivity index (χ3v) is 10.2. The maximum atomic E-state index is 2.36. The summed E-state index contributed by atoms with van der Waals surface area (Å²) in [7, 11) is 0. The number of rotatable bonds is 3. The van der Waals surface area contributed by atoms with Crippen LogP contribution in [0.1, 0.15) is 0 Å². The summed E-state index contributed by atoms with van der Waals surface area (Å²) in [6.07, 6.45) is 0. The van der Waals surface area contributed by atoms with Crippen LogP contribution in [0.2, 0.25) is 0 Å². The molecule has 0 heterocycles. The fraction of sp³-hybridized carbons (Fsp3) is 0. The molecule has 0 unspecified atom stereocenters. The first-order valence-electron chi connectivity index (χ1n) is 16.7. The van der Waals surface area contributed by atoms with E-state index in [-0.39, 0.29) is 0 Å². The third-order valence-electron chi connectivity index (χ3n) is 10.2. The zero-order valence-electron chi connectivity index (χ0n) is 26.3. The van der Waals surface area contributed by atoms with Crippen LogP contribution >= 0.6 is 0 Å². The normalized spacial score (nSPS) is 11.8. The molecular formula is C48H30.